The van der Waals surface area contributed by atoms with Gasteiger partial charge in [0.2, 0.25) is 0 Å². The Labute approximate surface area is 163 Å². The van der Waals surface area contributed by atoms with Gasteiger partial charge in [-0.05, 0) is 31.2 Å². The number of aromatic nitrogens is 1. The van der Waals surface area contributed by atoms with E-state index < -0.39 is 0 Å². The normalized spacial score (nSPS) is 14.4. The molecule has 0 unspecified atom stereocenters. The van der Waals surface area contributed by atoms with Crippen LogP contribution in [0.15, 0.2) is 54.7 Å². The van der Waals surface area contributed by atoms with Crippen molar-refractivity contribution < 1.29 is 13.9 Å². The second kappa shape index (κ2) is 7.84. The number of hydrogen-bond acceptors (Lipinski definition) is 5. The summed E-state index contributed by atoms with van der Waals surface area (Å²) in [6.45, 7) is 5.37. The Morgan fingerprint density at radius 3 is 2.32 bits per heavy atom. The van der Waals surface area contributed by atoms with Crippen molar-refractivity contribution in [1.82, 2.24) is 4.98 Å². The smallest absolute Gasteiger partial charge is 0.340 e. The number of nitrogens with zero attached hydrogens (tertiary/aromatic N) is 3. The van der Waals surface area contributed by atoms with Crippen molar-refractivity contribution in [3.8, 4) is 0 Å². The van der Waals surface area contributed by atoms with Crippen molar-refractivity contribution in [1.29, 1.82) is 0 Å². The number of ether oxygens (including phenoxy) is 1. The van der Waals surface area contributed by atoms with E-state index in [2.05, 4.69) is 14.8 Å². The molecule has 2 aromatic carbocycles. The minimum Gasteiger partial charge on any atom is -0.462 e. The first-order chi connectivity index (χ1) is 13.7. The van der Waals surface area contributed by atoms with E-state index in [1.807, 2.05) is 36.4 Å². The zero-order valence-corrected chi connectivity index (χ0v) is 15.8. The zero-order valence-electron chi connectivity index (χ0n) is 15.8. The van der Waals surface area contributed by atoms with Crippen LogP contribution in [-0.4, -0.2) is 43.7 Å². The minimum absolute atomic E-state index is 0.222. The molecule has 0 spiro atoms. The van der Waals surface area contributed by atoms with E-state index in [1.54, 1.807) is 13.1 Å². The Bertz CT molecular complexity index is 983. The molecule has 144 valence electrons. The molecule has 4 rings (SSSR count). The molecule has 0 amide bonds. The third-order valence-electron chi connectivity index (χ3n) is 5.04. The summed E-state index contributed by atoms with van der Waals surface area (Å²) in [5.41, 5.74) is 1.52. The maximum Gasteiger partial charge on any atom is 0.340 e. The van der Waals surface area contributed by atoms with Crippen LogP contribution in [0.4, 0.5) is 15.9 Å². The highest BCUT2D eigenvalue weighted by atomic mass is 19.1. The molecular formula is C22H22FN3O2. The second-order valence-electron chi connectivity index (χ2n) is 6.71. The number of halogens is 1. The molecule has 5 nitrogen and oxygen atoms in total. The van der Waals surface area contributed by atoms with E-state index in [9.17, 15) is 9.18 Å². The molecule has 6 heteroatoms. The van der Waals surface area contributed by atoms with Gasteiger partial charge in [-0.2, -0.15) is 0 Å². The number of esters is 1. The number of fused-ring (bicyclic) bond motifs is 1. The highest BCUT2D eigenvalue weighted by Crippen LogP contribution is 2.29. The Balaban J connectivity index is 1.58. The number of benzene rings is 2. The van der Waals surface area contributed by atoms with Gasteiger partial charge in [0.1, 0.15) is 11.6 Å². The second-order valence-corrected chi connectivity index (χ2v) is 6.71. The number of piperazine rings is 1. The molecule has 0 saturated carbocycles. The van der Waals surface area contributed by atoms with E-state index in [4.69, 9.17) is 4.74 Å². The van der Waals surface area contributed by atoms with Crippen LogP contribution >= 0.6 is 0 Å². The fourth-order valence-corrected chi connectivity index (χ4v) is 3.63. The summed E-state index contributed by atoms with van der Waals surface area (Å²) >= 11 is 0. The van der Waals surface area contributed by atoms with Gasteiger partial charge < -0.3 is 14.5 Å². The van der Waals surface area contributed by atoms with Crippen molar-refractivity contribution in [2.24, 2.45) is 0 Å². The predicted octanol–water partition coefficient (Wildman–Crippen LogP) is 3.88. The Morgan fingerprint density at radius 2 is 1.64 bits per heavy atom. The van der Waals surface area contributed by atoms with Crippen molar-refractivity contribution in [2.45, 2.75) is 6.92 Å². The molecular weight excluding hydrogens is 357 g/mol. The van der Waals surface area contributed by atoms with Crippen LogP contribution in [0.25, 0.3) is 10.8 Å². The highest BCUT2D eigenvalue weighted by molar-refractivity contribution is 6.07. The maximum atomic E-state index is 13.2. The van der Waals surface area contributed by atoms with E-state index in [0.717, 1.165) is 48.5 Å². The highest BCUT2D eigenvalue weighted by Gasteiger charge is 2.22. The number of pyridine rings is 1. The largest absolute Gasteiger partial charge is 0.462 e. The van der Waals surface area contributed by atoms with Crippen LogP contribution in [0.1, 0.15) is 17.3 Å². The van der Waals surface area contributed by atoms with E-state index >= 15 is 0 Å². The van der Waals surface area contributed by atoms with Gasteiger partial charge >= 0.3 is 5.97 Å². The number of rotatable bonds is 4. The molecule has 0 N–H and O–H groups in total. The number of carbonyl (C=O) groups excluding carboxylic acids is 1. The van der Waals surface area contributed by atoms with Gasteiger partial charge in [0, 0.05) is 48.8 Å². The number of carbonyl (C=O) groups is 1. The van der Waals surface area contributed by atoms with E-state index in [0.29, 0.717) is 12.2 Å². The van der Waals surface area contributed by atoms with Crippen LogP contribution in [0.2, 0.25) is 0 Å². The molecule has 3 aromatic rings. The zero-order chi connectivity index (χ0) is 19.5. The Kier molecular flexibility index (Phi) is 5.10. The first kappa shape index (κ1) is 18.2. The summed E-state index contributed by atoms with van der Waals surface area (Å²) in [4.78, 5) is 21.3. The van der Waals surface area contributed by atoms with Crippen molar-refractivity contribution in [3.05, 3.63) is 66.1 Å². The lowest BCUT2D eigenvalue weighted by Gasteiger charge is -2.37. The molecule has 0 aliphatic carbocycles. The summed E-state index contributed by atoms with van der Waals surface area (Å²) in [5.74, 6) is 0.307. The molecule has 0 radical (unpaired) electrons. The molecule has 1 fully saturated rings. The lowest BCUT2D eigenvalue weighted by atomic mass is 10.1. The number of hydrogen-bond donors (Lipinski definition) is 0. The fraction of sp³-hybridized carbons (Fsp3) is 0.273. The molecule has 1 saturated heterocycles. The molecule has 1 aliphatic heterocycles. The quantitative estimate of drug-likeness (QED) is 0.644. The average Bonchev–Trinajstić information content (AvgIpc) is 2.74. The van der Waals surface area contributed by atoms with Gasteiger partial charge in [-0.25, -0.2) is 14.2 Å². The van der Waals surface area contributed by atoms with Crippen molar-refractivity contribution >= 4 is 28.2 Å². The third kappa shape index (κ3) is 3.50. The summed E-state index contributed by atoms with van der Waals surface area (Å²) in [5, 5.41) is 1.80. The van der Waals surface area contributed by atoms with Crippen LogP contribution in [0, 0.1) is 5.82 Å². The van der Waals surface area contributed by atoms with Crippen molar-refractivity contribution in [2.75, 3.05) is 42.6 Å². The van der Waals surface area contributed by atoms with Crippen LogP contribution in [0.3, 0.4) is 0 Å². The van der Waals surface area contributed by atoms with Crippen LogP contribution in [0.5, 0.6) is 0 Å². The molecule has 0 bridgehead atoms. The summed E-state index contributed by atoms with van der Waals surface area (Å²) in [6.07, 6.45) is 1.61. The van der Waals surface area contributed by atoms with Crippen LogP contribution < -0.4 is 9.80 Å². The van der Waals surface area contributed by atoms with Gasteiger partial charge in [0.05, 0.1) is 12.2 Å². The van der Waals surface area contributed by atoms with Gasteiger partial charge in [0.25, 0.3) is 0 Å². The molecule has 28 heavy (non-hydrogen) atoms. The summed E-state index contributed by atoms with van der Waals surface area (Å²) in [6, 6.07) is 14.4. The fourth-order valence-electron chi connectivity index (χ4n) is 3.63. The summed E-state index contributed by atoms with van der Waals surface area (Å²) in [7, 11) is 0. The minimum atomic E-state index is -0.348. The third-order valence-corrected chi connectivity index (χ3v) is 5.04. The SMILES string of the molecule is CCOC(=O)c1cnc(N2CCN(c3ccc(F)cc3)CC2)c2ccccc12. The molecule has 1 aromatic heterocycles. The lowest BCUT2D eigenvalue weighted by Crippen LogP contribution is -2.46. The lowest BCUT2D eigenvalue weighted by molar-refractivity contribution is 0.0528. The standard InChI is InChI=1S/C22H22FN3O2/c1-2-28-22(27)20-15-24-21(19-6-4-3-5-18(19)20)26-13-11-25(12-14-26)17-9-7-16(23)8-10-17/h3-10,15H,2,11-14H2,1H3. The molecule has 2 heterocycles. The monoisotopic (exact) mass is 379 g/mol. The molecule has 0 atom stereocenters. The van der Waals surface area contributed by atoms with Crippen molar-refractivity contribution in [3.63, 3.8) is 0 Å². The first-order valence-electron chi connectivity index (χ1n) is 9.47. The van der Waals surface area contributed by atoms with Gasteiger partial charge in [-0.1, -0.05) is 24.3 Å². The van der Waals surface area contributed by atoms with Gasteiger partial charge in [-0.15, -0.1) is 0 Å². The topological polar surface area (TPSA) is 45.7 Å². The van der Waals surface area contributed by atoms with E-state index in [-0.39, 0.29) is 11.8 Å². The Morgan fingerprint density at radius 1 is 1.00 bits per heavy atom. The summed E-state index contributed by atoms with van der Waals surface area (Å²) < 4.78 is 18.3. The first-order valence-corrected chi connectivity index (χ1v) is 9.47. The average molecular weight is 379 g/mol. The van der Waals surface area contributed by atoms with Gasteiger partial charge in [-0.3, -0.25) is 0 Å². The molecule has 1 aliphatic rings. The Hall–Kier alpha value is -3.15. The maximum absolute atomic E-state index is 13.2. The van der Waals surface area contributed by atoms with E-state index in [1.165, 1.54) is 12.1 Å². The van der Waals surface area contributed by atoms with Gasteiger partial charge in [0.15, 0.2) is 0 Å². The predicted molar refractivity (Wildman–Crippen MR) is 109 cm³/mol. The van der Waals surface area contributed by atoms with Crippen LogP contribution in [-0.2, 0) is 4.74 Å². The number of anilines is 2.